The second-order valence-electron chi connectivity index (χ2n) is 10.0. The van der Waals surface area contributed by atoms with Gasteiger partial charge in [-0.1, -0.05) is 55.0 Å². The Kier molecular flexibility index (Phi) is 6.97. The summed E-state index contributed by atoms with van der Waals surface area (Å²) in [6, 6.07) is 14.0. The number of phenolic OH excluding ortho intramolecular Hbond substituents is 1. The third-order valence-corrected chi connectivity index (χ3v) is 8.00. The molecule has 0 bridgehead atoms. The lowest BCUT2D eigenvalue weighted by Gasteiger charge is -2.47. The fourth-order valence-corrected chi connectivity index (χ4v) is 6.29. The summed E-state index contributed by atoms with van der Waals surface area (Å²) in [5.74, 6) is -1.28. The monoisotopic (exact) mass is 486 g/mol. The average molecular weight is 486 g/mol. The normalized spacial score (nSPS) is 26.0. The van der Waals surface area contributed by atoms with Crippen molar-refractivity contribution in [2.45, 2.75) is 45.0 Å². The van der Waals surface area contributed by atoms with E-state index in [2.05, 4.69) is 13.0 Å². The van der Waals surface area contributed by atoms with Gasteiger partial charge in [0.1, 0.15) is 5.75 Å². The number of Topliss-reactive ketones (excluding diaryl/α,β-unsaturated/α-hetero) is 2. The SMILES string of the molecule is CC/C(=C\c1ccc(O)cc1)CC[C@H]1OB(O)C[C@H]2C1=C(CO)C[C@H]1C(=O)c3ccccc3C(=O)[C@H]12. The number of carbonyl (C=O) groups is 2. The summed E-state index contributed by atoms with van der Waals surface area (Å²) < 4.78 is 5.99. The van der Waals surface area contributed by atoms with Crippen LogP contribution >= 0.6 is 0 Å². The molecular weight excluding hydrogens is 455 g/mol. The van der Waals surface area contributed by atoms with Gasteiger partial charge in [-0.25, -0.2) is 0 Å². The highest BCUT2D eigenvalue weighted by Gasteiger charge is 2.53. The average Bonchev–Trinajstić information content (AvgIpc) is 2.89. The van der Waals surface area contributed by atoms with Gasteiger partial charge in [-0.3, -0.25) is 9.59 Å². The molecular formula is C29H31BO6. The molecule has 2 aromatic rings. The molecule has 1 saturated heterocycles. The lowest BCUT2D eigenvalue weighted by Crippen LogP contribution is -2.51. The maximum Gasteiger partial charge on any atom is 0.455 e. The van der Waals surface area contributed by atoms with Crippen molar-refractivity contribution in [1.29, 1.82) is 0 Å². The Morgan fingerprint density at radius 3 is 2.42 bits per heavy atom. The van der Waals surface area contributed by atoms with Crippen molar-refractivity contribution < 1.29 is 29.5 Å². The molecule has 0 amide bonds. The quantitative estimate of drug-likeness (QED) is 0.411. The number of carbonyl (C=O) groups excluding carboxylic acids is 2. The van der Waals surface area contributed by atoms with E-state index in [9.17, 15) is 24.8 Å². The van der Waals surface area contributed by atoms with Gasteiger partial charge in [-0.2, -0.15) is 0 Å². The fourth-order valence-electron chi connectivity index (χ4n) is 6.29. The molecule has 2 aliphatic carbocycles. The Morgan fingerprint density at radius 1 is 1.06 bits per heavy atom. The lowest BCUT2D eigenvalue weighted by molar-refractivity contribution is 0.0590. The summed E-state index contributed by atoms with van der Waals surface area (Å²) in [7, 11) is -1.03. The van der Waals surface area contributed by atoms with Gasteiger partial charge >= 0.3 is 7.12 Å². The van der Waals surface area contributed by atoms with Gasteiger partial charge < -0.3 is 19.9 Å². The number of ketones is 2. The third kappa shape index (κ3) is 4.47. The van der Waals surface area contributed by atoms with Crippen LogP contribution in [0, 0.1) is 17.8 Å². The summed E-state index contributed by atoms with van der Waals surface area (Å²) in [6.45, 7) is 1.89. The molecule has 3 aliphatic rings. The zero-order valence-electron chi connectivity index (χ0n) is 20.4. The number of hydrogen-bond acceptors (Lipinski definition) is 6. The molecule has 1 aliphatic heterocycles. The summed E-state index contributed by atoms with van der Waals surface area (Å²) in [5.41, 5.74) is 4.76. The third-order valence-electron chi connectivity index (χ3n) is 8.00. The van der Waals surface area contributed by atoms with Gasteiger partial charge in [0.15, 0.2) is 11.6 Å². The first-order chi connectivity index (χ1) is 17.4. The van der Waals surface area contributed by atoms with Crippen LogP contribution in [0.25, 0.3) is 6.08 Å². The predicted molar refractivity (Wildman–Crippen MR) is 138 cm³/mol. The number of aromatic hydroxyl groups is 1. The van der Waals surface area contributed by atoms with Crippen LogP contribution in [-0.2, 0) is 4.65 Å². The molecule has 0 unspecified atom stereocenters. The van der Waals surface area contributed by atoms with Crippen molar-refractivity contribution in [1.82, 2.24) is 0 Å². The maximum absolute atomic E-state index is 13.6. The Hall–Kier alpha value is -3.00. The minimum atomic E-state index is -1.03. The Labute approximate surface area is 211 Å². The van der Waals surface area contributed by atoms with E-state index in [0.717, 1.165) is 23.1 Å². The standard InChI is InChI=1S/C29H31BO6/c1-2-17(13-18-7-10-20(32)11-8-18)9-12-25-26-19(16-31)14-23-27(24(26)15-30(35)36-25)29(34)22-6-4-3-5-21(22)28(23)33/h3-8,10-11,13,23-25,27,31-32,35H,2,9,12,14-16H2,1H3/b17-13+/t23-,24+,25-,27-/m1/s1. The van der Waals surface area contributed by atoms with Crippen molar-refractivity contribution in [3.05, 3.63) is 81.9 Å². The fraction of sp³-hybridized carbons (Fsp3) is 0.379. The molecule has 7 heteroatoms. The van der Waals surface area contributed by atoms with E-state index < -0.39 is 25.1 Å². The number of fused-ring (bicyclic) bond motifs is 4. The highest BCUT2D eigenvalue weighted by Crippen LogP contribution is 2.50. The number of phenols is 1. The highest BCUT2D eigenvalue weighted by atomic mass is 16.5. The van der Waals surface area contributed by atoms with Crippen LogP contribution in [-0.4, -0.2) is 46.6 Å². The molecule has 4 atom stereocenters. The summed E-state index contributed by atoms with van der Waals surface area (Å²) in [6.07, 6.45) is 4.38. The molecule has 2 aromatic carbocycles. The van der Waals surface area contributed by atoms with Crippen LogP contribution in [0.4, 0.5) is 0 Å². The summed E-state index contributed by atoms with van der Waals surface area (Å²) in [5, 5.41) is 30.5. The zero-order chi connectivity index (χ0) is 25.4. The van der Waals surface area contributed by atoms with E-state index in [1.165, 1.54) is 5.57 Å². The second kappa shape index (κ2) is 10.2. The van der Waals surface area contributed by atoms with Gasteiger partial charge in [0.25, 0.3) is 0 Å². The molecule has 186 valence electrons. The number of allylic oxidation sites excluding steroid dienone is 1. The predicted octanol–water partition coefficient (Wildman–Crippen LogP) is 4.47. The van der Waals surface area contributed by atoms with Crippen molar-refractivity contribution in [2.24, 2.45) is 17.8 Å². The number of aliphatic hydroxyl groups excluding tert-OH is 1. The van der Waals surface area contributed by atoms with Crippen LogP contribution in [0.1, 0.15) is 58.9 Å². The maximum atomic E-state index is 13.6. The number of benzene rings is 2. The van der Waals surface area contributed by atoms with E-state index >= 15 is 0 Å². The first-order valence-corrected chi connectivity index (χ1v) is 12.7. The van der Waals surface area contributed by atoms with Crippen molar-refractivity contribution in [2.75, 3.05) is 6.61 Å². The second-order valence-corrected chi connectivity index (χ2v) is 10.0. The molecule has 1 heterocycles. The van der Waals surface area contributed by atoms with Gasteiger partial charge in [-0.15, -0.1) is 0 Å². The molecule has 0 radical (unpaired) electrons. The molecule has 0 saturated carbocycles. The van der Waals surface area contributed by atoms with Crippen LogP contribution in [0.2, 0.25) is 6.32 Å². The van der Waals surface area contributed by atoms with Crippen molar-refractivity contribution >= 4 is 24.8 Å². The molecule has 36 heavy (non-hydrogen) atoms. The first-order valence-electron chi connectivity index (χ1n) is 12.7. The number of hydrogen-bond donors (Lipinski definition) is 3. The van der Waals surface area contributed by atoms with E-state index in [1.54, 1.807) is 36.4 Å². The van der Waals surface area contributed by atoms with E-state index in [0.29, 0.717) is 30.4 Å². The Morgan fingerprint density at radius 2 is 1.75 bits per heavy atom. The highest BCUT2D eigenvalue weighted by molar-refractivity contribution is 6.43. The molecule has 1 fully saturated rings. The Bertz CT molecular complexity index is 1230. The van der Waals surface area contributed by atoms with Gasteiger partial charge in [-0.05, 0) is 66.8 Å². The summed E-state index contributed by atoms with van der Waals surface area (Å²) >= 11 is 0. The number of aliphatic hydroxyl groups is 1. The zero-order valence-corrected chi connectivity index (χ0v) is 20.4. The number of rotatable bonds is 6. The van der Waals surface area contributed by atoms with Crippen molar-refractivity contribution in [3.8, 4) is 5.75 Å². The lowest BCUT2D eigenvalue weighted by atomic mass is 9.54. The molecule has 3 N–H and O–H groups in total. The molecule has 0 aromatic heterocycles. The first kappa shape index (κ1) is 24.7. The van der Waals surface area contributed by atoms with Gasteiger partial charge in [0, 0.05) is 23.0 Å². The van der Waals surface area contributed by atoms with E-state index in [-0.39, 0.29) is 36.2 Å². The Balaban J connectivity index is 1.44. The van der Waals surface area contributed by atoms with E-state index in [4.69, 9.17) is 4.65 Å². The molecule has 0 spiro atoms. The van der Waals surface area contributed by atoms with Crippen LogP contribution in [0.3, 0.4) is 0 Å². The van der Waals surface area contributed by atoms with Crippen LogP contribution < -0.4 is 0 Å². The van der Waals surface area contributed by atoms with Crippen molar-refractivity contribution in [3.63, 3.8) is 0 Å². The van der Waals surface area contributed by atoms with Crippen LogP contribution in [0.15, 0.2) is 65.3 Å². The summed E-state index contributed by atoms with van der Waals surface area (Å²) in [4.78, 5) is 27.0. The largest absolute Gasteiger partial charge is 0.508 e. The van der Waals surface area contributed by atoms with E-state index in [1.807, 2.05) is 12.1 Å². The minimum absolute atomic E-state index is 0.0518. The smallest absolute Gasteiger partial charge is 0.455 e. The molecule has 5 rings (SSSR count). The van der Waals surface area contributed by atoms with Gasteiger partial charge in [0.05, 0.1) is 12.7 Å². The van der Waals surface area contributed by atoms with Crippen LogP contribution in [0.5, 0.6) is 5.75 Å². The molecule has 6 nitrogen and oxygen atoms in total. The minimum Gasteiger partial charge on any atom is -0.508 e. The topological polar surface area (TPSA) is 104 Å². The van der Waals surface area contributed by atoms with Gasteiger partial charge in [0.2, 0.25) is 0 Å².